The first-order chi connectivity index (χ1) is 11.2. The second-order valence-corrected chi connectivity index (χ2v) is 6.33. The second-order valence-electron chi connectivity index (χ2n) is 6.33. The summed E-state index contributed by atoms with van der Waals surface area (Å²) in [6.07, 6.45) is 4.58. The van der Waals surface area contributed by atoms with Crippen LogP contribution < -0.4 is 11.1 Å². The Hall–Kier alpha value is -1.56. The Kier molecular flexibility index (Phi) is 6.66. The molecule has 2 aromatic rings. The van der Waals surface area contributed by atoms with Crippen molar-refractivity contribution < 1.29 is 9.53 Å². The lowest BCUT2D eigenvalue weighted by Crippen LogP contribution is -2.47. The Morgan fingerprint density at radius 1 is 1.42 bits per heavy atom. The summed E-state index contributed by atoms with van der Waals surface area (Å²) in [5.41, 5.74) is 9.72. The number of fused-ring (bicyclic) bond motifs is 1. The predicted molar refractivity (Wildman–Crippen MR) is 98.5 cm³/mol. The van der Waals surface area contributed by atoms with Gasteiger partial charge in [0.05, 0.1) is 6.04 Å². The number of aromatic nitrogens is 1. The maximum atomic E-state index is 12.2. The molecular weight excluding hydrogens is 326 g/mol. The lowest BCUT2D eigenvalue weighted by atomic mass is 9.92. The molecule has 24 heavy (non-hydrogen) atoms. The SMILES string of the molecule is Cc1cccc2[nH]cc(CCNC(=O)C(N)C3CCOCC3)c12.Cl. The number of nitrogens with one attached hydrogen (secondary N) is 2. The molecular formula is C18H26ClN3O2. The minimum atomic E-state index is -0.427. The Balaban J connectivity index is 0.00000208. The topological polar surface area (TPSA) is 80.1 Å². The van der Waals surface area contributed by atoms with Crippen LogP contribution in [0.25, 0.3) is 10.9 Å². The zero-order valence-corrected chi connectivity index (χ0v) is 14.8. The molecule has 1 fully saturated rings. The number of carbonyl (C=O) groups is 1. The lowest BCUT2D eigenvalue weighted by molar-refractivity contribution is -0.124. The van der Waals surface area contributed by atoms with Gasteiger partial charge >= 0.3 is 0 Å². The van der Waals surface area contributed by atoms with E-state index in [0.29, 0.717) is 19.8 Å². The van der Waals surface area contributed by atoms with Crippen molar-refractivity contribution in [3.05, 3.63) is 35.5 Å². The average molecular weight is 352 g/mol. The molecule has 0 radical (unpaired) electrons. The molecule has 1 atom stereocenters. The molecule has 4 N–H and O–H groups in total. The number of aryl methyl sites for hydroxylation is 1. The van der Waals surface area contributed by atoms with Gasteiger partial charge in [0.25, 0.3) is 0 Å². The highest BCUT2D eigenvalue weighted by Crippen LogP contribution is 2.22. The second kappa shape index (κ2) is 8.51. The van der Waals surface area contributed by atoms with Crippen molar-refractivity contribution >= 4 is 29.2 Å². The molecule has 1 unspecified atom stereocenters. The first-order valence-electron chi connectivity index (χ1n) is 8.33. The van der Waals surface area contributed by atoms with Crippen molar-refractivity contribution in [3.63, 3.8) is 0 Å². The van der Waals surface area contributed by atoms with Gasteiger partial charge in [-0.05, 0) is 49.3 Å². The summed E-state index contributed by atoms with van der Waals surface area (Å²) in [4.78, 5) is 15.5. The van der Waals surface area contributed by atoms with Crippen molar-refractivity contribution in [2.24, 2.45) is 11.7 Å². The lowest BCUT2D eigenvalue weighted by Gasteiger charge is -2.26. The standard InChI is InChI=1S/C18H25N3O2.ClH/c1-12-3-2-4-15-16(12)14(11-21-15)5-8-20-18(22)17(19)13-6-9-23-10-7-13;/h2-4,11,13,17,21H,5-10,19H2,1H3,(H,20,22);1H. The quantitative estimate of drug-likeness (QED) is 0.773. The predicted octanol–water partition coefficient (Wildman–Crippen LogP) is 2.31. The van der Waals surface area contributed by atoms with E-state index in [1.807, 2.05) is 12.3 Å². The molecule has 1 aromatic carbocycles. The third kappa shape index (κ3) is 4.09. The zero-order chi connectivity index (χ0) is 16.2. The van der Waals surface area contributed by atoms with Gasteiger partial charge in [-0.2, -0.15) is 0 Å². The molecule has 1 aliphatic heterocycles. The van der Waals surface area contributed by atoms with Crippen LogP contribution in [0, 0.1) is 12.8 Å². The van der Waals surface area contributed by atoms with Gasteiger partial charge in [0, 0.05) is 36.9 Å². The number of benzene rings is 1. The maximum absolute atomic E-state index is 12.2. The van der Waals surface area contributed by atoms with E-state index in [1.165, 1.54) is 16.5 Å². The molecule has 0 aliphatic carbocycles. The van der Waals surface area contributed by atoms with Crippen molar-refractivity contribution in [1.29, 1.82) is 0 Å². The molecule has 2 heterocycles. The summed E-state index contributed by atoms with van der Waals surface area (Å²) in [6.45, 7) is 4.14. The van der Waals surface area contributed by atoms with Gasteiger partial charge in [0.2, 0.25) is 5.91 Å². The molecule has 0 bridgehead atoms. The number of ether oxygens (including phenoxy) is 1. The summed E-state index contributed by atoms with van der Waals surface area (Å²) in [5, 5.41) is 4.24. The van der Waals surface area contributed by atoms with Crippen LogP contribution in [0.4, 0.5) is 0 Å². The molecule has 6 heteroatoms. The summed E-state index contributed by atoms with van der Waals surface area (Å²) < 4.78 is 5.32. The molecule has 1 aliphatic rings. The van der Waals surface area contributed by atoms with Crippen molar-refractivity contribution in [1.82, 2.24) is 10.3 Å². The number of halogens is 1. The highest BCUT2D eigenvalue weighted by Gasteiger charge is 2.26. The third-order valence-electron chi connectivity index (χ3n) is 4.77. The highest BCUT2D eigenvalue weighted by molar-refractivity contribution is 5.86. The number of rotatable bonds is 5. The first kappa shape index (κ1) is 18.8. The van der Waals surface area contributed by atoms with Crippen molar-refractivity contribution in [3.8, 4) is 0 Å². The van der Waals surface area contributed by atoms with E-state index in [2.05, 4.69) is 29.4 Å². The first-order valence-corrected chi connectivity index (χ1v) is 8.33. The van der Waals surface area contributed by atoms with Gasteiger partial charge in [-0.25, -0.2) is 0 Å². The largest absolute Gasteiger partial charge is 0.381 e. The molecule has 1 amide bonds. The van der Waals surface area contributed by atoms with Crippen molar-refractivity contribution in [2.75, 3.05) is 19.8 Å². The van der Waals surface area contributed by atoms with E-state index >= 15 is 0 Å². The number of aromatic amines is 1. The van der Waals surface area contributed by atoms with Crippen LogP contribution in [0.15, 0.2) is 24.4 Å². The fourth-order valence-electron chi connectivity index (χ4n) is 3.38. The van der Waals surface area contributed by atoms with Crippen LogP contribution in [0.1, 0.15) is 24.0 Å². The molecule has 1 saturated heterocycles. The number of nitrogens with two attached hydrogens (primary N) is 1. The molecule has 1 aromatic heterocycles. The van der Waals surface area contributed by atoms with Gasteiger partial charge in [-0.1, -0.05) is 12.1 Å². The van der Waals surface area contributed by atoms with Crippen LogP contribution in [0.2, 0.25) is 0 Å². The van der Waals surface area contributed by atoms with Crippen LogP contribution in [-0.2, 0) is 16.0 Å². The molecule has 3 rings (SSSR count). The summed E-state index contributed by atoms with van der Waals surface area (Å²) in [6, 6.07) is 5.81. The molecule has 0 saturated carbocycles. The van der Waals surface area contributed by atoms with Gasteiger partial charge in [-0.15, -0.1) is 12.4 Å². The smallest absolute Gasteiger partial charge is 0.237 e. The number of hydrogen-bond acceptors (Lipinski definition) is 3. The normalized spacial score (nSPS) is 16.6. The average Bonchev–Trinajstić information content (AvgIpc) is 2.99. The summed E-state index contributed by atoms with van der Waals surface area (Å²) in [7, 11) is 0. The van der Waals surface area contributed by atoms with Gasteiger partial charge in [0.1, 0.15) is 0 Å². The molecule has 5 nitrogen and oxygen atoms in total. The van der Waals surface area contributed by atoms with E-state index < -0.39 is 6.04 Å². The van der Waals surface area contributed by atoms with E-state index in [1.54, 1.807) is 0 Å². The Morgan fingerprint density at radius 3 is 2.92 bits per heavy atom. The number of H-pyrrole nitrogens is 1. The van der Waals surface area contributed by atoms with Crippen LogP contribution in [0.5, 0.6) is 0 Å². The summed E-state index contributed by atoms with van der Waals surface area (Å²) >= 11 is 0. The molecule has 0 spiro atoms. The van der Waals surface area contributed by atoms with E-state index in [9.17, 15) is 4.79 Å². The van der Waals surface area contributed by atoms with Gasteiger partial charge in [-0.3, -0.25) is 4.79 Å². The van der Waals surface area contributed by atoms with Crippen LogP contribution in [0.3, 0.4) is 0 Å². The van der Waals surface area contributed by atoms with Gasteiger partial charge in [0.15, 0.2) is 0 Å². The Morgan fingerprint density at radius 2 is 2.17 bits per heavy atom. The fraction of sp³-hybridized carbons (Fsp3) is 0.500. The fourth-order valence-corrected chi connectivity index (χ4v) is 3.38. The number of hydrogen-bond donors (Lipinski definition) is 3. The summed E-state index contributed by atoms with van der Waals surface area (Å²) in [5.74, 6) is 0.188. The molecule has 132 valence electrons. The van der Waals surface area contributed by atoms with E-state index in [-0.39, 0.29) is 24.2 Å². The Bertz CT molecular complexity index is 680. The monoisotopic (exact) mass is 351 g/mol. The van der Waals surface area contributed by atoms with E-state index in [4.69, 9.17) is 10.5 Å². The van der Waals surface area contributed by atoms with Gasteiger partial charge < -0.3 is 20.8 Å². The van der Waals surface area contributed by atoms with E-state index in [0.717, 1.165) is 24.8 Å². The third-order valence-corrected chi connectivity index (χ3v) is 4.77. The number of carbonyl (C=O) groups excluding carboxylic acids is 1. The number of amides is 1. The van der Waals surface area contributed by atoms with Crippen LogP contribution in [-0.4, -0.2) is 36.7 Å². The highest BCUT2D eigenvalue weighted by atomic mass is 35.5. The minimum Gasteiger partial charge on any atom is -0.381 e. The zero-order valence-electron chi connectivity index (χ0n) is 14.0. The van der Waals surface area contributed by atoms with Crippen LogP contribution >= 0.6 is 12.4 Å². The van der Waals surface area contributed by atoms with Crippen molar-refractivity contribution in [2.45, 2.75) is 32.2 Å². The minimum absolute atomic E-state index is 0. The maximum Gasteiger partial charge on any atom is 0.237 e. The Labute approximate surface area is 148 Å².